The zero-order chi connectivity index (χ0) is 8.72. The molecule has 0 spiro atoms. The quantitative estimate of drug-likeness (QED) is 0.637. The normalized spacial score (nSPS) is 39.2. The molecule has 3 saturated heterocycles. The van der Waals surface area contributed by atoms with Crippen molar-refractivity contribution in [3.8, 4) is 0 Å². The topological polar surface area (TPSA) is 6.48 Å². The lowest BCUT2D eigenvalue weighted by Crippen LogP contribution is -2.67. The van der Waals surface area contributed by atoms with Crippen molar-refractivity contribution >= 4 is 11.8 Å². The molecule has 3 heteroatoms. The number of thioether (sulfide) groups is 1. The first kappa shape index (κ1) is 8.85. The molecule has 70 valence electrons. The Morgan fingerprint density at radius 2 is 1.92 bits per heavy atom. The van der Waals surface area contributed by atoms with Gasteiger partial charge in [0.2, 0.25) is 0 Å². The van der Waals surface area contributed by atoms with Crippen LogP contribution in [0.1, 0.15) is 13.3 Å². The van der Waals surface area contributed by atoms with Gasteiger partial charge in [0.15, 0.2) is 0 Å². The molecule has 0 radical (unpaired) electrons. The van der Waals surface area contributed by atoms with E-state index in [-0.39, 0.29) is 0 Å². The van der Waals surface area contributed by atoms with Gasteiger partial charge in [-0.2, -0.15) is 0 Å². The molecule has 3 fully saturated rings. The van der Waals surface area contributed by atoms with Crippen molar-refractivity contribution in [2.45, 2.75) is 30.8 Å². The van der Waals surface area contributed by atoms with Crippen molar-refractivity contribution in [1.29, 1.82) is 0 Å². The first-order valence-corrected chi connectivity index (χ1v) is 6.00. The summed E-state index contributed by atoms with van der Waals surface area (Å²) >= 11 is 1.96. The second-order valence-electron chi connectivity index (χ2n) is 4.00. The second kappa shape index (κ2) is 3.20. The van der Waals surface area contributed by atoms with E-state index < -0.39 is 0 Å². The number of hydrogen-bond acceptors (Lipinski definition) is 3. The highest BCUT2D eigenvalue weighted by molar-refractivity contribution is 7.99. The zero-order valence-corrected chi connectivity index (χ0v) is 8.97. The molecule has 0 aliphatic carbocycles. The van der Waals surface area contributed by atoms with Crippen LogP contribution in [-0.4, -0.2) is 53.7 Å². The molecule has 2 bridgehead atoms. The Kier molecular flexibility index (Phi) is 2.36. The van der Waals surface area contributed by atoms with Crippen LogP contribution in [0.15, 0.2) is 0 Å². The van der Waals surface area contributed by atoms with Crippen molar-refractivity contribution in [3.63, 3.8) is 0 Å². The molecule has 3 heterocycles. The Hall–Kier alpha value is 0.270. The summed E-state index contributed by atoms with van der Waals surface area (Å²) < 4.78 is 0. The minimum atomic E-state index is 0.712. The number of rotatable bonds is 2. The van der Waals surface area contributed by atoms with Crippen LogP contribution < -0.4 is 0 Å². The van der Waals surface area contributed by atoms with E-state index in [1.165, 1.54) is 19.5 Å². The minimum absolute atomic E-state index is 0.712. The Labute approximate surface area is 79.3 Å². The number of fused-ring (bicyclic) bond motifs is 2. The van der Waals surface area contributed by atoms with Gasteiger partial charge in [-0.05, 0) is 26.6 Å². The second-order valence-corrected chi connectivity index (χ2v) is 5.15. The average Bonchev–Trinajstić information content (AvgIpc) is 2.16. The van der Waals surface area contributed by atoms with Crippen molar-refractivity contribution in [2.75, 3.05) is 26.4 Å². The fourth-order valence-electron chi connectivity index (χ4n) is 2.28. The standard InChI is InChI=1S/C9H18N2S/c1-7(12-3)11-5-8-4-9(6-11)10(8)2/h7-9H,4-6H2,1-3H3. The van der Waals surface area contributed by atoms with Gasteiger partial charge in [-0.25, -0.2) is 0 Å². The molecular weight excluding hydrogens is 168 g/mol. The van der Waals surface area contributed by atoms with E-state index in [0.717, 1.165) is 12.1 Å². The van der Waals surface area contributed by atoms with Gasteiger partial charge in [0.05, 0.1) is 5.37 Å². The molecule has 12 heavy (non-hydrogen) atoms. The van der Waals surface area contributed by atoms with Gasteiger partial charge >= 0.3 is 0 Å². The van der Waals surface area contributed by atoms with Gasteiger partial charge in [-0.3, -0.25) is 9.80 Å². The van der Waals surface area contributed by atoms with Crippen LogP contribution in [0.25, 0.3) is 0 Å². The number of piperidine rings is 1. The molecule has 0 saturated carbocycles. The van der Waals surface area contributed by atoms with E-state index in [1.807, 2.05) is 11.8 Å². The van der Waals surface area contributed by atoms with Crippen LogP contribution in [0.3, 0.4) is 0 Å². The van der Waals surface area contributed by atoms with Crippen LogP contribution in [0.2, 0.25) is 0 Å². The Morgan fingerprint density at radius 3 is 2.33 bits per heavy atom. The molecule has 2 nitrogen and oxygen atoms in total. The summed E-state index contributed by atoms with van der Waals surface area (Å²) in [5.41, 5.74) is 0. The van der Waals surface area contributed by atoms with Gasteiger partial charge in [-0.15, -0.1) is 11.8 Å². The largest absolute Gasteiger partial charge is 0.298 e. The molecular formula is C9H18N2S. The third kappa shape index (κ3) is 1.28. The molecule has 3 aliphatic heterocycles. The van der Waals surface area contributed by atoms with Crippen LogP contribution in [0.5, 0.6) is 0 Å². The summed E-state index contributed by atoms with van der Waals surface area (Å²) in [4.78, 5) is 5.15. The molecule has 0 aromatic carbocycles. The summed E-state index contributed by atoms with van der Waals surface area (Å²) in [7, 11) is 2.26. The van der Waals surface area contributed by atoms with Gasteiger partial charge in [0, 0.05) is 25.2 Å². The average molecular weight is 186 g/mol. The summed E-state index contributed by atoms with van der Waals surface area (Å²) in [5.74, 6) is 0. The molecule has 3 atom stereocenters. The van der Waals surface area contributed by atoms with E-state index in [0.29, 0.717) is 5.37 Å². The number of nitrogens with zero attached hydrogens (tertiary/aromatic N) is 2. The Morgan fingerprint density at radius 1 is 1.33 bits per heavy atom. The highest BCUT2D eigenvalue weighted by Crippen LogP contribution is 2.32. The van der Waals surface area contributed by atoms with Crippen LogP contribution in [-0.2, 0) is 0 Å². The highest BCUT2D eigenvalue weighted by Gasteiger charge is 2.42. The fourth-order valence-corrected chi connectivity index (χ4v) is 2.75. The third-order valence-electron chi connectivity index (χ3n) is 3.44. The van der Waals surface area contributed by atoms with E-state index in [9.17, 15) is 0 Å². The van der Waals surface area contributed by atoms with Crippen LogP contribution >= 0.6 is 11.8 Å². The van der Waals surface area contributed by atoms with Crippen molar-refractivity contribution in [1.82, 2.24) is 9.80 Å². The van der Waals surface area contributed by atoms with E-state index in [4.69, 9.17) is 0 Å². The first-order valence-electron chi connectivity index (χ1n) is 4.71. The van der Waals surface area contributed by atoms with E-state index in [2.05, 4.69) is 30.0 Å². The molecule has 0 amide bonds. The van der Waals surface area contributed by atoms with Crippen LogP contribution in [0, 0.1) is 0 Å². The maximum absolute atomic E-state index is 2.61. The number of hydrogen-bond donors (Lipinski definition) is 0. The summed E-state index contributed by atoms with van der Waals surface area (Å²) in [6.07, 6.45) is 3.64. The molecule has 0 aromatic heterocycles. The maximum atomic E-state index is 2.61. The maximum Gasteiger partial charge on any atom is 0.0527 e. The third-order valence-corrected chi connectivity index (χ3v) is 4.42. The molecule has 3 rings (SSSR count). The highest BCUT2D eigenvalue weighted by atomic mass is 32.2. The van der Waals surface area contributed by atoms with Crippen molar-refractivity contribution in [3.05, 3.63) is 0 Å². The zero-order valence-electron chi connectivity index (χ0n) is 8.16. The summed E-state index contributed by atoms with van der Waals surface area (Å²) in [6, 6.07) is 1.72. The van der Waals surface area contributed by atoms with E-state index >= 15 is 0 Å². The molecule has 3 unspecified atom stereocenters. The number of piperazine rings is 1. The monoisotopic (exact) mass is 186 g/mol. The van der Waals surface area contributed by atoms with Gasteiger partial charge < -0.3 is 0 Å². The summed E-state index contributed by atoms with van der Waals surface area (Å²) in [6.45, 7) is 4.89. The van der Waals surface area contributed by atoms with E-state index in [1.54, 1.807) is 0 Å². The predicted molar refractivity (Wildman–Crippen MR) is 54.5 cm³/mol. The SMILES string of the molecule is CSC(C)N1CC2CC(C1)N2C. The molecule has 3 aliphatic rings. The molecule has 0 N–H and O–H groups in total. The van der Waals surface area contributed by atoms with Crippen LogP contribution in [0.4, 0.5) is 0 Å². The lowest BCUT2D eigenvalue weighted by Gasteiger charge is -2.56. The fraction of sp³-hybridized carbons (Fsp3) is 1.00. The Bertz CT molecular complexity index is 162. The summed E-state index contributed by atoms with van der Waals surface area (Å²) in [5, 5.41) is 0.712. The van der Waals surface area contributed by atoms with Crippen molar-refractivity contribution in [2.24, 2.45) is 0 Å². The predicted octanol–water partition coefficient (Wildman–Crippen LogP) is 1.08. The molecule has 0 aromatic rings. The Balaban J connectivity index is 1.90. The van der Waals surface area contributed by atoms with Gasteiger partial charge in [0.25, 0.3) is 0 Å². The number of likely N-dealkylation sites (N-methyl/N-ethyl adjacent to an activating group) is 1. The van der Waals surface area contributed by atoms with Crippen molar-refractivity contribution < 1.29 is 0 Å². The smallest absolute Gasteiger partial charge is 0.0527 e. The van der Waals surface area contributed by atoms with Gasteiger partial charge in [-0.1, -0.05) is 0 Å². The first-order chi connectivity index (χ1) is 5.72. The lowest BCUT2D eigenvalue weighted by atomic mass is 9.88. The lowest BCUT2D eigenvalue weighted by molar-refractivity contribution is -0.0523. The van der Waals surface area contributed by atoms with Gasteiger partial charge in [0.1, 0.15) is 0 Å². The minimum Gasteiger partial charge on any atom is -0.298 e.